The molecule has 0 aliphatic rings. The maximum Gasteiger partial charge on any atom is -0.00268 e. The van der Waals surface area contributed by atoms with Gasteiger partial charge in [0.05, 0.1) is 0 Å². The Kier molecular flexibility index (Phi) is 6.38. The molecule has 0 heterocycles. The van der Waals surface area contributed by atoms with Crippen LogP contribution in [0.15, 0.2) is 103 Å². The summed E-state index contributed by atoms with van der Waals surface area (Å²) in [4.78, 5) is 0. The van der Waals surface area contributed by atoms with Gasteiger partial charge in [0.1, 0.15) is 0 Å². The Hall–Kier alpha value is -4.16. The molecule has 40 heavy (non-hydrogen) atoms. The summed E-state index contributed by atoms with van der Waals surface area (Å²) < 4.78 is 0. The first-order valence-corrected chi connectivity index (χ1v) is 14.4. The highest BCUT2D eigenvalue weighted by atomic mass is 14.2. The van der Waals surface area contributed by atoms with Gasteiger partial charge in [0.15, 0.2) is 0 Å². The fourth-order valence-corrected chi connectivity index (χ4v) is 6.43. The average molecular weight is 519 g/mol. The molecule has 0 aliphatic heterocycles. The third-order valence-corrected chi connectivity index (χ3v) is 8.53. The second kappa shape index (κ2) is 9.79. The van der Waals surface area contributed by atoms with Gasteiger partial charge in [-0.25, -0.2) is 0 Å². The van der Waals surface area contributed by atoms with Gasteiger partial charge in [-0.1, -0.05) is 106 Å². The summed E-state index contributed by atoms with van der Waals surface area (Å²) in [6.45, 7) is 15.7. The molecule has 0 amide bonds. The van der Waals surface area contributed by atoms with Crippen molar-refractivity contribution in [2.24, 2.45) is 0 Å². The molecule has 0 heteroatoms. The van der Waals surface area contributed by atoms with Gasteiger partial charge in [0.25, 0.3) is 0 Å². The molecule has 0 atom stereocenters. The van der Waals surface area contributed by atoms with Crippen LogP contribution in [0.3, 0.4) is 0 Å². The minimum absolute atomic E-state index is 0.125. The van der Waals surface area contributed by atoms with E-state index in [2.05, 4.69) is 152 Å². The standard InChI is InChI=1S/C40H38/c1-25-10-8-11-26(2)37(25)30-16-20-35-32(22-30)24-33-23-31(38-27(3)12-9-13-28(38)4)17-21-36(33)39(35)29-14-18-34(19-15-29)40(5,6)7/h8-24H,1-7H3. The van der Waals surface area contributed by atoms with Gasteiger partial charge in [-0.2, -0.15) is 0 Å². The molecule has 0 saturated heterocycles. The van der Waals surface area contributed by atoms with Crippen molar-refractivity contribution in [3.8, 4) is 33.4 Å². The van der Waals surface area contributed by atoms with Gasteiger partial charge < -0.3 is 0 Å². The second-order valence-corrected chi connectivity index (χ2v) is 12.5. The van der Waals surface area contributed by atoms with Crippen LogP contribution in [0.1, 0.15) is 48.6 Å². The average Bonchev–Trinajstić information content (AvgIpc) is 2.91. The fraction of sp³-hybridized carbons (Fsp3) is 0.200. The van der Waals surface area contributed by atoms with Crippen LogP contribution in [0, 0.1) is 27.7 Å². The molecule has 0 aliphatic carbocycles. The van der Waals surface area contributed by atoms with E-state index in [9.17, 15) is 0 Å². The van der Waals surface area contributed by atoms with E-state index in [0.717, 1.165) is 0 Å². The SMILES string of the molecule is Cc1cccc(C)c1-c1ccc2c(-c3ccc(C(C)(C)C)cc3)c3ccc(-c4c(C)cccc4C)cc3cc2c1. The Balaban J connectivity index is 1.65. The molecule has 0 spiro atoms. The number of fused-ring (bicyclic) bond motifs is 2. The van der Waals surface area contributed by atoms with Crippen LogP contribution < -0.4 is 0 Å². The van der Waals surface area contributed by atoms with Gasteiger partial charge >= 0.3 is 0 Å². The lowest BCUT2D eigenvalue weighted by Crippen LogP contribution is -2.10. The van der Waals surface area contributed by atoms with Crippen LogP contribution in [0.2, 0.25) is 0 Å². The van der Waals surface area contributed by atoms with Gasteiger partial charge in [0, 0.05) is 0 Å². The van der Waals surface area contributed by atoms with Gasteiger partial charge in [-0.3, -0.25) is 0 Å². The van der Waals surface area contributed by atoms with Crippen molar-refractivity contribution in [1.29, 1.82) is 0 Å². The molecule has 0 bridgehead atoms. The van der Waals surface area contributed by atoms with Crippen molar-refractivity contribution in [3.05, 3.63) is 131 Å². The molecular weight excluding hydrogens is 480 g/mol. The van der Waals surface area contributed by atoms with Crippen LogP contribution >= 0.6 is 0 Å². The molecule has 0 aromatic heterocycles. The summed E-state index contributed by atoms with van der Waals surface area (Å²) in [6, 6.07) is 38.9. The Labute approximate surface area is 239 Å². The minimum atomic E-state index is 0.125. The van der Waals surface area contributed by atoms with E-state index in [-0.39, 0.29) is 5.41 Å². The zero-order valence-electron chi connectivity index (χ0n) is 24.8. The zero-order valence-corrected chi connectivity index (χ0v) is 24.8. The number of aryl methyl sites for hydroxylation is 4. The van der Waals surface area contributed by atoms with Crippen molar-refractivity contribution >= 4 is 21.5 Å². The van der Waals surface area contributed by atoms with E-state index in [4.69, 9.17) is 0 Å². The molecule has 198 valence electrons. The fourth-order valence-electron chi connectivity index (χ4n) is 6.43. The second-order valence-electron chi connectivity index (χ2n) is 12.5. The maximum atomic E-state index is 2.39. The molecule has 0 N–H and O–H groups in total. The lowest BCUT2D eigenvalue weighted by molar-refractivity contribution is 0.590. The quantitative estimate of drug-likeness (QED) is 0.204. The van der Waals surface area contributed by atoms with Gasteiger partial charge in [0.2, 0.25) is 0 Å². The summed E-state index contributed by atoms with van der Waals surface area (Å²) in [5.41, 5.74) is 14.6. The predicted molar refractivity (Wildman–Crippen MR) is 175 cm³/mol. The van der Waals surface area contributed by atoms with E-state index < -0.39 is 0 Å². The third kappa shape index (κ3) is 4.52. The monoisotopic (exact) mass is 518 g/mol. The minimum Gasteiger partial charge on any atom is -0.0617 e. The van der Waals surface area contributed by atoms with E-state index in [1.807, 2.05) is 0 Å². The van der Waals surface area contributed by atoms with E-state index in [1.54, 1.807) is 0 Å². The van der Waals surface area contributed by atoms with Crippen LogP contribution in [-0.4, -0.2) is 0 Å². The summed E-state index contributed by atoms with van der Waals surface area (Å²) in [5, 5.41) is 5.15. The molecule has 6 aromatic carbocycles. The van der Waals surface area contributed by atoms with E-state index >= 15 is 0 Å². The van der Waals surface area contributed by atoms with Gasteiger partial charge in [-0.15, -0.1) is 0 Å². The molecule has 0 radical (unpaired) electrons. The van der Waals surface area contributed by atoms with Crippen molar-refractivity contribution in [1.82, 2.24) is 0 Å². The Morgan fingerprint density at radius 3 is 1.20 bits per heavy atom. The number of benzene rings is 6. The molecule has 0 saturated carbocycles. The highest BCUT2D eigenvalue weighted by molar-refractivity contribution is 6.14. The number of hydrogen-bond acceptors (Lipinski definition) is 0. The Morgan fingerprint density at radius 1 is 0.400 bits per heavy atom. The van der Waals surface area contributed by atoms with E-state index in [1.165, 1.54) is 82.7 Å². The van der Waals surface area contributed by atoms with Crippen molar-refractivity contribution in [2.45, 2.75) is 53.9 Å². The number of rotatable bonds is 3. The summed E-state index contributed by atoms with van der Waals surface area (Å²) in [6.07, 6.45) is 0. The largest absolute Gasteiger partial charge is 0.0617 e. The zero-order chi connectivity index (χ0) is 28.2. The third-order valence-electron chi connectivity index (χ3n) is 8.53. The highest BCUT2D eigenvalue weighted by Gasteiger charge is 2.17. The summed E-state index contributed by atoms with van der Waals surface area (Å²) >= 11 is 0. The number of hydrogen-bond donors (Lipinski definition) is 0. The molecule has 0 fully saturated rings. The van der Waals surface area contributed by atoms with Gasteiger partial charge in [-0.05, 0) is 134 Å². The maximum absolute atomic E-state index is 2.39. The van der Waals surface area contributed by atoms with Crippen LogP contribution in [0.25, 0.3) is 54.9 Å². The first-order valence-electron chi connectivity index (χ1n) is 14.4. The summed E-state index contributed by atoms with van der Waals surface area (Å²) in [7, 11) is 0. The smallest absolute Gasteiger partial charge is 0.00268 e. The topological polar surface area (TPSA) is 0 Å². The molecule has 6 rings (SSSR count). The lowest BCUT2D eigenvalue weighted by Gasteiger charge is -2.20. The molecule has 6 aromatic rings. The van der Waals surface area contributed by atoms with Crippen LogP contribution in [0.5, 0.6) is 0 Å². The van der Waals surface area contributed by atoms with Crippen molar-refractivity contribution < 1.29 is 0 Å². The first kappa shape index (κ1) is 26.1. The van der Waals surface area contributed by atoms with Crippen molar-refractivity contribution in [2.75, 3.05) is 0 Å². The Bertz CT molecular complexity index is 1740. The predicted octanol–water partition coefficient (Wildman–Crippen LogP) is 11.5. The summed E-state index contributed by atoms with van der Waals surface area (Å²) in [5.74, 6) is 0. The Morgan fingerprint density at radius 2 is 0.800 bits per heavy atom. The van der Waals surface area contributed by atoms with Crippen LogP contribution in [0.4, 0.5) is 0 Å². The highest BCUT2D eigenvalue weighted by Crippen LogP contribution is 2.41. The first-order chi connectivity index (χ1) is 19.1. The van der Waals surface area contributed by atoms with Crippen LogP contribution in [-0.2, 0) is 5.41 Å². The van der Waals surface area contributed by atoms with E-state index in [0.29, 0.717) is 0 Å². The molecule has 0 unspecified atom stereocenters. The molecule has 0 nitrogen and oxygen atoms in total. The normalized spacial score (nSPS) is 11.9. The molecular formula is C40H38. The van der Waals surface area contributed by atoms with Crippen molar-refractivity contribution in [3.63, 3.8) is 0 Å². The lowest BCUT2D eigenvalue weighted by atomic mass is 9.84.